The molecule has 0 spiro atoms. The summed E-state index contributed by atoms with van der Waals surface area (Å²) < 4.78 is 13.5. The van der Waals surface area contributed by atoms with Gasteiger partial charge in [0.1, 0.15) is 5.82 Å². The number of anilines is 3. The van der Waals surface area contributed by atoms with Gasteiger partial charge in [-0.25, -0.2) is 9.18 Å². The van der Waals surface area contributed by atoms with Crippen LogP contribution in [0.3, 0.4) is 0 Å². The van der Waals surface area contributed by atoms with E-state index in [-0.39, 0.29) is 16.9 Å². The third-order valence-electron chi connectivity index (χ3n) is 2.77. The molecule has 19 heavy (non-hydrogen) atoms. The molecule has 2 rings (SSSR count). The van der Waals surface area contributed by atoms with Crippen LogP contribution in [0.15, 0.2) is 36.4 Å². The third kappa shape index (κ3) is 2.65. The second-order valence-electron chi connectivity index (χ2n) is 4.16. The molecule has 0 saturated heterocycles. The van der Waals surface area contributed by atoms with Crippen molar-refractivity contribution < 1.29 is 14.3 Å². The van der Waals surface area contributed by atoms with Gasteiger partial charge >= 0.3 is 5.97 Å². The molecule has 0 amide bonds. The summed E-state index contributed by atoms with van der Waals surface area (Å²) in [5.74, 6) is -1.52. The van der Waals surface area contributed by atoms with Gasteiger partial charge in [-0.15, -0.1) is 0 Å². The quantitative estimate of drug-likeness (QED) is 0.741. The number of para-hydroxylation sites is 1. The topological polar surface area (TPSA) is 75.3 Å². The molecule has 0 aromatic heterocycles. The third-order valence-corrected chi connectivity index (χ3v) is 2.77. The molecule has 98 valence electrons. The fraction of sp³-hybridized carbons (Fsp3) is 0.0714. The van der Waals surface area contributed by atoms with Crippen molar-refractivity contribution in [3.8, 4) is 0 Å². The molecule has 2 aromatic carbocycles. The number of hydrogen-bond donors (Lipinski definition) is 3. The first-order valence-electron chi connectivity index (χ1n) is 5.64. The van der Waals surface area contributed by atoms with E-state index in [1.807, 2.05) is 0 Å². The van der Waals surface area contributed by atoms with Crippen molar-refractivity contribution in [1.82, 2.24) is 0 Å². The van der Waals surface area contributed by atoms with E-state index in [1.165, 1.54) is 12.1 Å². The summed E-state index contributed by atoms with van der Waals surface area (Å²) in [7, 11) is 0. The summed E-state index contributed by atoms with van der Waals surface area (Å²) in [6.07, 6.45) is 0. The van der Waals surface area contributed by atoms with Crippen molar-refractivity contribution in [2.45, 2.75) is 6.92 Å². The van der Waals surface area contributed by atoms with Gasteiger partial charge in [0.25, 0.3) is 0 Å². The van der Waals surface area contributed by atoms with E-state index < -0.39 is 11.8 Å². The molecule has 2 aromatic rings. The standard InChI is InChI=1S/C14H13FN2O2/c1-8-6-9(7-10(13(8)16)14(18)19)17-12-5-3-2-4-11(12)15/h2-7,17H,16H2,1H3,(H,18,19). The van der Waals surface area contributed by atoms with E-state index in [4.69, 9.17) is 10.8 Å². The zero-order chi connectivity index (χ0) is 14.0. The average molecular weight is 260 g/mol. The number of aromatic carboxylic acids is 1. The lowest BCUT2D eigenvalue weighted by atomic mass is 10.1. The maximum Gasteiger partial charge on any atom is 0.337 e. The second-order valence-corrected chi connectivity index (χ2v) is 4.16. The van der Waals surface area contributed by atoms with Gasteiger partial charge in [-0.1, -0.05) is 12.1 Å². The molecule has 0 aliphatic rings. The van der Waals surface area contributed by atoms with E-state index >= 15 is 0 Å². The molecule has 0 unspecified atom stereocenters. The van der Waals surface area contributed by atoms with Crippen LogP contribution < -0.4 is 11.1 Å². The molecule has 4 N–H and O–H groups in total. The molecular formula is C14H13FN2O2. The van der Waals surface area contributed by atoms with Crippen molar-refractivity contribution in [2.75, 3.05) is 11.1 Å². The van der Waals surface area contributed by atoms with Gasteiger partial charge in [0.2, 0.25) is 0 Å². The van der Waals surface area contributed by atoms with E-state index in [2.05, 4.69) is 5.32 Å². The van der Waals surface area contributed by atoms with Crippen LogP contribution in [-0.2, 0) is 0 Å². The summed E-state index contributed by atoms with van der Waals surface area (Å²) in [6, 6.07) is 9.22. The number of nitrogens with one attached hydrogen (secondary N) is 1. The first-order valence-corrected chi connectivity index (χ1v) is 5.64. The zero-order valence-electron chi connectivity index (χ0n) is 10.3. The Hall–Kier alpha value is -2.56. The van der Waals surface area contributed by atoms with Gasteiger partial charge in [0.15, 0.2) is 0 Å². The van der Waals surface area contributed by atoms with Gasteiger partial charge in [-0.3, -0.25) is 0 Å². The number of halogens is 1. The highest BCUT2D eigenvalue weighted by Gasteiger charge is 2.12. The average Bonchev–Trinajstić information content (AvgIpc) is 2.36. The normalized spacial score (nSPS) is 10.2. The zero-order valence-corrected chi connectivity index (χ0v) is 10.3. The van der Waals surface area contributed by atoms with Gasteiger partial charge in [-0.05, 0) is 36.8 Å². The second kappa shape index (κ2) is 4.97. The van der Waals surface area contributed by atoms with Crippen molar-refractivity contribution in [1.29, 1.82) is 0 Å². The van der Waals surface area contributed by atoms with Gasteiger partial charge in [0, 0.05) is 11.4 Å². The van der Waals surface area contributed by atoms with E-state index in [0.29, 0.717) is 11.3 Å². The molecule has 5 heteroatoms. The van der Waals surface area contributed by atoms with Crippen LogP contribution in [-0.4, -0.2) is 11.1 Å². The number of benzene rings is 2. The number of carbonyl (C=O) groups is 1. The predicted molar refractivity (Wildman–Crippen MR) is 72.2 cm³/mol. The summed E-state index contributed by atoms with van der Waals surface area (Å²) in [4.78, 5) is 11.1. The molecule has 0 saturated carbocycles. The Morgan fingerprint density at radius 2 is 2.00 bits per heavy atom. The summed E-state index contributed by atoms with van der Waals surface area (Å²) >= 11 is 0. The van der Waals surface area contributed by atoms with E-state index in [9.17, 15) is 9.18 Å². The molecule has 0 radical (unpaired) electrons. The van der Waals surface area contributed by atoms with Crippen LogP contribution in [0, 0.1) is 12.7 Å². The molecule has 0 aliphatic carbocycles. The molecule has 0 bridgehead atoms. The molecular weight excluding hydrogens is 247 g/mol. The van der Waals surface area contributed by atoms with E-state index in [1.54, 1.807) is 31.2 Å². The summed E-state index contributed by atoms with van der Waals surface area (Å²) in [5.41, 5.74) is 7.29. The first-order chi connectivity index (χ1) is 8.99. The highest BCUT2D eigenvalue weighted by atomic mass is 19.1. The van der Waals surface area contributed by atoms with Gasteiger partial charge in [0.05, 0.1) is 11.3 Å². The van der Waals surface area contributed by atoms with Crippen LogP contribution in [0.1, 0.15) is 15.9 Å². The highest BCUT2D eigenvalue weighted by Crippen LogP contribution is 2.26. The fourth-order valence-electron chi connectivity index (χ4n) is 1.77. The Labute approximate surface area is 109 Å². The maximum absolute atomic E-state index is 13.5. The lowest BCUT2D eigenvalue weighted by Crippen LogP contribution is -2.05. The van der Waals surface area contributed by atoms with Crippen LogP contribution in [0.25, 0.3) is 0 Å². The Balaban J connectivity index is 2.42. The van der Waals surface area contributed by atoms with Crippen LogP contribution in [0.5, 0.6) is 0 Å². The van der Waals surface area contributed by atoms with Crippen molar-refractivity contribution in [2.24, 2.45) is 0 Å². The fourth-order valence-corrected chi connectivity index (χ4v) is 1.77. The monoisotopic (exact) mass is 260 g/mol. The first kappa shape index (κ1) is 12.9. The summed E-state index contributed by atoms with van der Waals surface area (Å²) in [6.45, 7) is 1.70. The van der Waals surface area contributed by atoms with Gasteiger partial charge < -0.3 is 16.2 Å². The summed E-state index contributed by atoms with van der Waals surface area (Å²) in [5, 5.41) is 11.9. The van der Waals surface area contributed by atoms with Crippen molar-refractivity contribution >= 4 is 23.0 Å². The van der Waals surface area contributed by atoms with Gasteiger partial charge in [-0.2, -0.15) is 0 Å². The Morgan fingerprint density at radius 1 is 1.32 bits per heavy atom. The number of nitrogens with two attached hydrogens (primary N) is 1. The van der Waals surface area contributed by atoms with Crippen LogP contribution >= 0.6 is 0 Å². The minimum atomic E-state index is -1.11. The molecule has 0 aliphatic heterocycles. The number of carboxylic acids is 1. The molecule has 0 atom stereocenters. The highest BCUT2D eigenvalue weighted by molar-refractivity contribution is 5.96. The largest absolute Gasteiger partial charge is 0.478 e. The number of aryl methyl sites for hydroxylation is 1. The minimum absolute atomic E-state index is 0.00107. The molecule has 0 fully saturated rings. The smallest absolute Gasteiger partial charge is 0.337 e. The van der Waals surface area contributed by atoms with Crippen LogP contribution in [0.4, 0.5) is 21.5 Å². The van der Waals surface area contributed by atoms with Crippen LogP contribution in [0.2, 0.25) is 0 Å². The Kier molecular flexibility index (Phi) is 3.37. The SMILES string of the molecule is Cc1cc(Nc2ccccc2F)cc(C(=O)O)c1N. The Morgan fingerprint density at radius 3 is 2.63 bits per heavy atom. The van der Waals surface area contributed by atoms with Crippen molar-refractivity contribution in [3.05, 3.63) is 53.3 Å². The number of carboxylic acid groups (broad SMARTS) is 1. The van der Waals surface area contributed by atoms with E-state index in [0.717, 1.165) is 0 Å². The Bertz CT molecular complexity index is 641. The lowest BCUT2D eigenvalue weighted by molar-refractivity contribution is 0.0698. The lowest BCUT2D eigenvalue weighted by Gasteiger charge is -2.11. The number of hydrogen-bond acceptors (Lipinski definition) is 3. The maximum atomic E-state index is 13.5. The molecule has 4 nitrogen and oxygen atoms in total. The number of nitrogen functional groups attached to an aromatic ring is 1. The predicted octanol–water partition coefficient (Wildman–Crippen LogP) is 3.16. The minimum Gasteiger partial charge on any atom is -0.478 e. The number of rotatable bonds is 3. The molecule has 0 heterocycles. The van der Waals surface area contributed by atoms with Crippen molar-refractivity contribution in [3.63, 3.8) is 0 Å².